The van der Waals surface area contributed by atoms with Crippen molar-refractivity contribution < 1.29 is 4.79 Å². The number of nitrogens with zero attached hydrogens (tertiary/aromatic N) is 2. The van der Waals surface area contributed by atoms with Gasteiger partial charge < -0.3 is 10.6 Å². The molecule has 0 saturated carbocycles. The van der Waals surface area contributed by atoms with Crippen LogP contribution in [0.1, 0.15) is 18.5 Å². The topological polar surface area (TPSA) is 77.8 Å². The largest absolute Gasteiger partial charge is 0.326 e. The summed E-state index contributed by atoms with van der Waals surface area (Å²) >= 11 is 0. The molecule has 0 fully saturated rings. The Balaban J connectivity index is 2.15. The molecule has 0 spiro atoms. The fraction of sp³-hybridized carbons (Fsp3) is 0.118. The van der Waals surface area contributed by atoms with E-state index in [1.807, 2.05) is 36.4 Å². The number of carbonyl (C=O) groups is 1. The van der Waals surface area contributed by atoms with Crippen molar-refractivity contribution in [3.8, 4) is 17.2 Å². The average molecular weight is 290 g/mol. The van der Waals surface area contributed by atoms with Crippen molar-refractivity contribution in [1.29, 1.82) is 5.26 Å². The molecule has 22 heavy (non-hydrogen) atoms. The molecule has 2 aromatic rings. The van der Waals surface area contributed by atoms with Gasteiger partial charge in [0.1, 0.15) is 0 Å². The van der Waals surface area contributed by atoms with Crippen molar-refractivity contribution in [3.05, 3.63) is 65.6 Å². The van der Waals surface area contributed by atoms with Gasteiger partial charge in [-0.2, -0.15) is 5.26 Å². The molecule has 1 unspecified atom stereocenters. The van der Waals surface area contributed by atoms with Crippen LogP contribution >= 0.6 is 0 Å². The minimum absolute atomic E-state index is 0.303. The monoisotopic (exact) mass is 290 g/mol. The molecule has 2 N–H and O–H groups in total. The number of urea groups is 1. The zero-order valence-corrected chi connectivity index (χ0v) is 12.0. The summed E-state index contributed by atoms with van der Waals surface area (Å²) in [5.41, 5.74) is 3.86. The number of pyridine rings is 1. The number of allylic oxidation sites excluding steroid dienone is 1. The molecule has 1 aliphatic rings. The highest BCUT2D eigenvalue weighted by Gasteiger charge is 2.28. The molecule has 1 aromatic carbocycles. The van der Waals surface area contributed by atoms with E-state index in [4.69, 9.17) is 0 Å². The van der Waals surface area contributed by atoms with Crippen molar-refractivity contribution in [2.24, 2.45) is 0 Å². The molecule has 1 aliphatic heterocycles. The maximum atomic E-state index is 11.8. The number of rotatable bonds is 2. The molecule has 1 atom stereocenters. The van der Waals surface area contributed by atoms with E-state index in [1.54, 1.807) is 19.3 Å². The normalized spacial score (nSPS) is 17.5. The maximum absolute atomic E-state index is 11.8. The summed E-state index contributed by atoms with van der Waals surface area (Å²) in [6, 6.07) is 12.9. The molecule has 0 bridgehead atoms. The van der Waals surface area contributed by atoms with Crippen LogP contribution in [0.3, 0.4) is 0 Å². The van der Waals surface area contributed by atoms with Crippen molar-refractivity contribution >= 4 is 6.03 Å². The molecule has 0 aliphatic carbocycles. The minimum Gasteiger partial charge on any atom is -0.326 e. The number of benzene rings is 1. The van der Waals surface area contributed by atoms with Crippen LogP contribution in [0, 0.1) is 11.3 Å². The summed E-state index contributed by atoms with van der Waals surface area (Å²) in [7, 11) is 0. The highest BCUT2D eigenvalue weighted by Crippen LogP contribution is 2.33. The van der Waals surface area contributed by atoms with E-state index >= 15 is 0 Å². The van der Waals surface area contributed by atoms with Crippen molar-refractivity contribution in [3.63, 3.8) is 0 Å². The molecule has 3 rings (SSSR count). The number of hydrogen-bond donors (Lipinski definition) is 2. The highest BCUT2D eigenvalue weighted by molar-refractivity contribution is 5.81. The lowest BCUT2D eigenvalue weighted by Crippen LogP contribution is -2.43. The Hall–Kier alpha value is -3.13. The fourth-order valence-corrected chi connectivity index (χ4v) is 2.61. The Morgan fingerprint density at radius 1 is 1.23 bits per heavy atom. The van der Waals surface area contributed by atoms with Gasteiger partial charge in [-0.15, -0.1) is 0 Å². The first kappa shape index (κ1) is 13.8. The summed E-state index contributed by atoms with van der Waals surface area (Å²) in [5.74, 6) is 0. The number of amides is 2. The second kappa shape index (κ2) is 5.70. The third kappa shape index (κ3) is 2.42. The number of carbonyl (C=O) groups excluding carboxylic acids is 1. The Kier molecular flexibility index (Phi) is 3.58. The van der Waals surface area contributed by atoms with Gasteiger partial charge in [-0.25, -0.2) is 4.79 Å². The summed E-state index contributed by atoms with van der Waals surface area (Å²) in [6.07, 6.45) is 3.48. The van der Waals surface area contributed by atoms with Crippen LogP contribution < -0.4 is 10.6 Å². The van der Waals surface area contributed by atoms with Gasteiger partial charge in [0, 0.05) is 23.7 Å². The molecule has 2 amide bonds. The first-order chi connectivity index (χ1) is 10.7. The van der Waals surface area contributed by atoms with E-state index < -0.39 is 6.04 Å². The second-order valence-corrected chi connectivity index (χ2v) is 5.01. The first-order valence-corrected chi connectivity index (χ1v) is 6.88. The molecule has 2 heterocycles. The zero-order chi connectivity index (χ0) is 15.5. The van der Waals surface area contributed by atoms with Gasteiger partial charge in [-0.1, -0.05) is 30.3 Å². The van der Waals surface area contributed by atoms with Crippen molar-refractivity contribution in [1.82, 2.24) is 15.6 Å². The van der Waals surface area contributed by atoms with Gasteiger partial charge >= 0.3 is 6.03 Å². The Morgan fingerprint density at radius 3 is 2.77 bits per heavy atom. The maximum Gasteiger partial charge on any atom is 0.319 e. The second-order valence-electron chi connectivity index (χ2n) is 5.01. The van der Waals surface area contributed by atoms with Crippen LogP contribution in [0.4, 0.5) is 4.79 Å². The number of hydrogen-bond acceptors (Lipinski definition) is 3. The van der Waals surface area contributed by atoms with E-state index in [-0.39, 0.29) is 6.03 Å². The Labute approximate surface area is 128 Å². The predicted octanol–water partition coefficient (Wildman–Crippen LogP) is 2.90. The van der Waals surface area contributed by atoms with Crippen LogP contribution in [-0.4, -0.2) is 11.0 Å². The molecule has 0 radical (unpaired) electrons. The van der Waals surface area contributed by atoms with E-state index in [2.05, 4.69) is 21.7 Å². The summed E-state index contributed by atoms with van der Waals surface area (Å²) in [5, 5.41) is 14.9. The van der Waals surface area contributed by atoms with Gasteiger partial charge in [-0.05, 0) is 24.1 Å². The number of aromatic nitrogens is 1. The number of nitrogens with one attached hydrogen (secondary N) is 2. The van der Waals surface area contributed by atoms with Crippen LogP contribution in [0.2, 0.25) is 0 Å². The fourth-order valence-electron chi connectivity index (χ4n) is 2.61. The number of nitriles is 1. The van der Waals surface area contributed by atoms with Crippen LogP contribution in [0.25, 0.3) is 11.1 Å². The summed E-state index contributed by atoms with van der Waals surface area (Å²) in [6.45, 7) is 1.73. The SMILES string of the molecule is CC1=C(C#N)C(c2ccccc2-c2cccnc2)NC(=O)N1. The van der Waals surface area contributed by atoms with E-state index in [9.17, 15) is 10.1 Å². The highest BCUT2D eigenvalue weighted by atomic mass is 16.2. The lowest BCUT2D eigenvalue weighted by molar-refractivity contribution is 0.239. The Bertz CT molecular complexity index is 790. The molecular formula is C17H14N4O. The smallest absolute Gasteiger partial charge is 0.319 e. The Morgan fingerprint density at radius 2 is 2.05 bits per heavy atom. The molecular weight excluding hydrogens is 276 g/mol. The minimum atomic E-state index is -0.463. The lowest BCUT2D eigenvalue weighted by Gasteiger charge is -2.27. The quantitative estimate of drug-likeness (QED) is 0.892. The van der Waals surface area contributed by atoms with E-state index in [0.29, 0.717) is 11.3 Å². The molecule has 1 aromatic heterocycles. The van der Waals surface area contributed by atoms with Crippen LogP contribution in [-0.2, 0) is 0 Å². The van der Waals surface area contributed by atoms with Crippen LogP contribution in [0.5, 0.6) is 0 Å². The predicted molar refractivity (Wildman–Crippen MR) is 82.4 cm³/mol. The zero-order valence-electron chi connectivity index (χ0n) is 12.0. The van der Waals surface area contributed by atoms with Gasteiger partial charge in [0.2, 0.25) is 0 Å². The van der Waals surface area contributed by atoms with Gasteiger partial charge in [0.05, 0.1) is 17.7 Å². The molecule has 5 heteroatoms. The summed E-state index contributed by atoms with van der Waals surface area (Å²) < 4.78 is 0. The van der Waals surface area contributed by atoms with Gasteiger partial charge in [-0.3, -0.25) is 4.98 Å². The average Bonchev–Trinajstić information content (AvgIpc) is 2.55. The van der Waals surface area contributed by atoms with Crippen molar-refractivity contribution in [2.45, 2.75) is 13.0 Å². The van der Waals surface area contributed by atoms with Crippen LogP contribution in [0.15, 0.2) is 60.1 Å². The van der Waals surface area contributed by atoms with Gasteiger partial charge in [0.15, 0.2) is 0 Å². The third-order valence-electron chi connectivity index (χ3n) is 3.63. The van der Waals surface area contributed by atoms with E-state index in [1.165, 1.54) is 0 Å². The van der Waals surface area contributed by atoms with Crippen molar-refractivity contribution in [2.75, 3.05) is 0 Å². The first-order valence-electron chi connectivity index (χ1n) is 6.88. The van der Waals surface area contributed by atoms with Gasteiger partial charge in [0.25, 0.3) is 0 Å². The molecule has 108 valence electrons. The standard InChI is InChI=1S/C17H14N4O/c1-11-15(9-18)16(21-17(22)20-11)14-7-3-2-6-13(14)12-5-4-8-19-10-12/h2-8,10,16H,1H3,(H2,20,21,22). The molecule has 5 nitrogen and oxygen atoms in total. The summed E-state index contributed by atoms with van der Waals surface area (Å²) in [4.78, 5) is 15.9. The lowest BCUT2D eigenvalue weighted by atomic mass is 9.90. The molecule has 0 saturated heterocycles. The third-order valence-corrected chi connectivity index (χ3v) is 3.63. The van der Waals surface area contributed by atoms with E-state index in [0.717, 1.165) is 16.7 Å².